The lowest BCUT2D eigenvalue weighted by Gasteiger charge is -2.71. The molecule has 0 aromatic carbocycles. The Morgan fingerprint density at radius 1 is 0.456 bits per heavy atom. The average molecular weight is 1650 g/mol. The Morgan fingerprint density at radius 3 is 1.60 bits per heavy atom. The van der Waals surface area contributed by atoms with Crippen molar-refractivity contribution in [3.8, 4) is 0 Å². The van der Waals surface area contributed by atoms with Gasteiger partial charge in [0.2, 0.25) is 6.29 Å². The maximum absolute atomic E-state index is 15.8. The fraction of sp³-hybridized carbons (Fsp3) is 0.932. The minimum atomic E-state index is -2.23. The highest BCUT2D eigenvalue weighted by atomic mass is 16.8. The van der Waals surface area contributed by atoms with Gasteiger partial charge in [0, 0.05) is 0 Å². The average Bonchev–Trinajstić information content (AvgIpc) is 0.669. The number of rotatable bonds is 19. The molecule has 114 heavy (non-hydrogen) atoms. The maximum atomic E-state index is 15.8. The summed E-state index contributed by atoms with van der Waals surface area (Å²) in [6, 6.07) is 0. The maximum Gasteiger partial charge on any atom is 0.335 e. The number of carboxylic acid groups (broad SMARTS) is 1. The molecule has 0 radical (unpaired) electrons. The summed E-state index contributed by atoms with van der Waals surface area (Å²) in [6.45, 7) is 11.8. The van der Waals surface area contributed by atoms with E-state index in [0.29, 0.717) is 38.5 Å². The molecule has 8 heterocycles. The van der Waals surface area contributed by atoms with Gasteiger partial charge in [0.05, 0.1) is 62.9 Å². The van der Waals surface area contributed by atoms with Crippen LogP contribution < -0.4 is 0 Å². The van der Waals surface area contributed by atoms with Crippen molar-refractivity contribution in [2.45, 2.75) is 347 Å². The van der Waals surface area contributed by atoms with Crippen LogP contribution in [0.3, 0.4) is 0 Å². The van der Waals surface area contributed by atoms with Crippen LogP contribution in [-0.4, -0.2) is 392 Å². The molecular weight excluding hydrogens is 1530 g/mol. The number of carboxylic acids is 1. The Bertz CT molecular complexity index is 3360. The van der Waals surface area contributed by atoms with Crippen LogP contribution in [-0.2, 0) is 90.2 Å². The third-order valence-electron chi connectivity index (χ3n) is 28.2. The Morgan fingerprint density at radius 2 is 0.974 bits per heavy atom. The van der Waals surface area contributed by atoms with E-state index in [1.807, 2.05) is 0 Å². The quantitative estimate of drug-likeness (QED) is 0.0247. The zero-order chi connectivity index (χ0) is 83.0. The minimum Gasteiger partial charge on any atom is -0.479 e. The van der Waals surface area contributed by atoms with Gasteiger partial charge >= 0.3 is 11.9 Å². The van der Waals surface area contributed by atoms with Crippen LogP contribution >= 0.6 is 0 Å². The fourth-order valence-electron chi connectivity index (χ4n) is 21.2. The number of aldehydes is 1. The first kappa shape index (κ1) is 88.7. The highest BCUT2D eigenvalue weighted by Crippen LogP contribution is 2.76. The van der Waals surface area contributed by atoms with Crippen molar-refractivity contribution >= 4 is 18.2 Å². The summed E-state index contributed by atoms with van der Waals surface area (Å²) in [7, 11) is 0. The molecule has 0 aromatic heterocycles. The number of fused-ring (bicyclic) bond motifs is 7. The van der Waals surface area contributed by atoms with E-state index in [1.54, 1.807) is 6.92 Å². The van der Waals surface area contributed by atoms with Crippen LogP contribution in [0.4, 0.5) is 0 Å². The molecule has 40 heteroatoms. The molecule has 46 atom stereocenters. The second-order valence-electron chi connectivity index (χ2n) is 35.5. The molecule has 13 aliphatic rings. The van der Waals surface area contributed by atoms with E-state index >= 15 is 4.79 Å². The number of ether oxygens (including phenoxy) is 16. The van der Waals surface area contributed by atoms with Crippen LogP contribution in [0.25, 0.3) is 0 Å². The molecule has 0 bridgehead atoms. The van der Waals surface area contributed by atoms with E-state index in [-0.39, 0.29) is 25.2 Å². The summed E-state index contributed by atoms with van der Waals surface area (Å²) >= 11 is 0. The fourth-order valence-corrected chi connectivity index (χ4v) is 21.2. The van der Waals surface area contributed by atoms with Gasteiger partial charge in [0.1, 0.15) is 158 Å². The van der Waals surface area contributed by atoms with Crippen LogP contribution in [0.2, 0.25) is 0 Å². The molecule has 5 aliphatic carbocycles. The molecule has 12 fully saturated rings. The van der Waals surface area contributed by atoms with Crippen LogP contribution in [0, 0.1) is 50.2 Å². The molecular formula is C74H116O40. The second kappa shape index (κ2) is 33.6. The van der Waals surface area contributed by atoms with Gasteiger partial charge in [0.25, 0.3) is 0 Å². The van der Waals surface area contributed by atoms with E-state index in [2.05, 4.69) is 40.7 Å². The van der Waals surface area contributed by atoms with Crippen LogP contribution in [0.1, 0.15) is 113 Å². The monoisotopic (exact) mass is 1640 g/mol. The van der Waals surface area contributed by atoms with Gasteiger partial charge in [-0.15, -0.1) is 0 Å². The number of aliphatic carboxylic acids is 1. The molecule has 4 saturated carbocycles. The lowest BCUT2D eigenvalue weighted by Crippen LogP contribution is -2.69. The number of aliphatic hydroxyl groups is 20. The van der Waals surface area contributed by atoms with Gasteiger partial charge < -0.3 is 188 Å². The smallest absolute Gasteiger partial charge is 0.335 e. The molecule has 8 saturated heterocycles. The number of carbonyl (C=O) groups is 3. The molecule has 0 amide bonds. The van der Waals surface area contributed by atoms with Gasteiger partial charge in [-0.1, -0.05) is 53.2 Å². The van der Waals surface area contributed by atoms with Crippen molar-refractivity contribution < 1.29 is 197 Å². The lowest BCUT2D eigenvalue weighted by molar-refractivity contribution is -0.391. The minimum absolute atomic E-state index is 0.0227. The lowest BCUT2D eigenvalue weighted by atomic mass is 9.33. The number of esters is 1. The Hall–Kier alpha value is -3.05. The Labute approximate surface area is 655 Å². The van der Waals surface area contributed by atoms with Crippen molar-refractivity contribution in [2.24, 2.45) is 50.2 Å². The Balaban J connectivity index is 0.715. The van der Waals surface area contributed by atoms with Crippen molar-refractivity contribution in [2.75, 3.05) is 33.0 Å². The third kappa shape index (κ3) is 15.4. The van der Waals surface area contributed by atoms with Gasteiger partial charge in [-0.2, -0.15) is 0 Å². The second-order valence-corrected chi connectivity index (χ2v) is 35.5. The molecule has 13 rings (SSSR count). The molecule has 21 N–H and O–H groups in total. The van der Waals surface area contributed by atoms with E-state index in [1.165, 1.54) is 13.8 Å². The van der Waals surface area contributed by atoms with Crippen molar-refractivity contribution in [1.29, 1.82) is 0 Å². The van der Waals surface area contributed by atoms with E-state index in [9.17, 15) is 117 Å². The number of allylic oxidation sites excluding steroid dienone is 2. The molecule has 3 unspecified atom stereocenters. The van der Waals surface area contributed by atoms with Crippen LogP contribution in [0.15, 0.2) is 11.6 Å². The zero-order valence-electron chi connectivity index (χ0n) is 64.4. The van der Waals surface area contributed by atoms with Gasteiger partial charge in [-0.05, 0) is 111 Å². The zero-order valence-corrected chi connectivity index (χ0v) is 64.4. The number of carbonyl (C=O) groups excluding carboxylic acids is 2. The number of hydrogen-bond donors (Lipinski definition) is 21. The highest BCUT2D eigenvalue weighted by molar-refractivity contribution is 5.80. The summed E-state index contributed by atoms with van der Waals surface area (Å²) in [5, 5.41) is 232. The normalized spacial score (nSPS) is 55.1. The van der Waals surface area contributed by atoms with Crippen molar-refractivity contribution in [1.82, 2.24) is 0 Å². The highest BCUT2D eigenvalue weighted by Gasteiger charge is 2.73. The Kier molecular flexibility index (Phi) is 26.2. The standard InChI is InChI=1S/C74H116O40/c1-25-38(82)44(88)57(112-63-49(93)45(89)52(26(2)104-63)107-62-51(95)53(32(80)23-101-62)108-65-56(41(85)31(79)22-102-65)111-61-47(91)40(84)30(78)21-100-61)66(103-25)114-68(98)74-16-15-69(3,4)17-28(74)27-9-10-35-70(5)13-12-37(71(6,24-76)34(70)11-14-72(35,7)73(27,8)18-36(74)81)106-67-58(113-64-48(92)43(87)42(86)33(19-75)105-64)54(50(94)55(110-67)59(96)97)109-60-46(90)39(83)29(77)20-99-60/h9,24-26,28-58,60-67,75,77-95H,10-23H2,1-8H3,(H,96,97)/t25-,26+,28?,29-,30+,31+,32-,33-,34?,35?,36-,37+,38+,39+,40+,41+,42+,43+,44+,45+,46-,47-,48-,49-,50+,51-,52+,53+,54+,55+,56-,57-,58-,60+,61+,62+,63+,64+,65+,66+,67-,70+,71+,72-,73-,74-/m1/s1. The molecule has 40 nitrogen and oxygen atoms in total. The summed E-state index contributed by atoms with van der Waals surface area (Å²) < 4.78 is 95.3. The van der Waals surface area contributed by atoms with E-state index in [4.69, 9.17) is 75.8 Å². The summed E-state index contributed by atoms with van der Waals surface area (Å²) in [5.41, 5.74) is -4.94. The molecule has 0 spiro atoms. The summed E-state index contributed by atoms with van der Waals surface area (Å²) in [5.74, 6) is -4.12. The van der Waals surface area contributed by atoms with Crippen molar-refractivity contribution in [3.63, 3.8) is 0 Å². The molecule has 8 aliphatic heterocycles. The number of hydrogen-bond acceptors (Lipinski definition) is 39. The van der Waals surface area contributed by atoms with Crippen molar-refractivity contribution in [3.05, 3.63) is 11.6 Å². The van der Waals surface area contributed by atoms with E-state index < -0.39 is 323 Å². The number of aliphatic hydroxyl groups excluding tert-OH is 20. The van der Waals surface area contributed by atoms with Crippen LogP contribution in [0.5, 0.6) is 0 Å². The van der Waals surface area contributed by atoms with Gasteiger partial charge in [-0.25, -0.2) is 4.79 Å². The first-order valence-electron chi connectivity index (χ1n) is 39.3. The summed E-state index contributed by atoms with van der Waals surface area (Å²) in [4.78, 5) is 43.1. The predicted octanol–water partition coefficient (Wildman–Crippen LogP) is -7.88. The topological polar surface area (TPSA) is 624 Å². The largest absolute Gasteiger partial charge is 0.479 e. The van der Waals surface area contributed by atoms with E-state index in [0.717, 1.165) is 11.9 Å². The molecule has 652 valence electrons. The predicted molar refractivity (Wildman–Crippen MR) is 369 cm³/mol. The molecule has 0 aromatic rings. The third-order valence-corrected chi connectivity index (χ3v) is 28.2. The SMILES string of the molecule is C[C@@H]1O[C@@H](O[C@H]2[C@H](OC(=O)[C@]34CCC(C)(C)CC3C3=CCC5[C@@]6(C)CC[C@H](O[C@@H]7O[C@H](C(=O)O)[C@@H](O)[C@H](O[C@@H]8OC[C@@H](O)[C@H](O)[C@H]8O)[C@H]7O[C@@H]7O[C@H](CO)[C@H](O)[C@H](O)[C@H]7O)[C@@](C)(C=O)C6CC[C@@]5(C)[C@]3(C)C[C@H]4O)O[C@H](C)[C@H](O)[C@@H]2O)[C@H](O)[C@H](O)[C@H]1O[C@@H]1OC[C@@H](O)[C@H](O[C@@H]2OC[C@H](O)[C@H](O)[C@H]2O[C@@H]2OC[C@H](O)[C@H](O)[C@H]2O)[C@H]1O. The van der Waals surface area contributed by atoms with Gasteiger partial charge in [0.15, 0.2) is 56.2 Å². The first-order valence-corrected chi connectivity index (χ1v) is 39.3. The first-order chi connectivity index (χ1) is 53.5. The van der Waals surface area contributed by atoms with Gasteiger partial charge in [-0.3, -0.25) is 4.79 Å². The summed E-state index contributed by atoms with van der Waals surface area (Å²) in [6.07, 6.45) is -62.5.